The van der Waals surface area contributed by atoms with Crippen molar-refractivity contribution in [1.29, 1.82) is 0 Å². The first kappa shape index (κ1) is 9.00. The molecule has 0 heterocycles. The average Bonchev–Trinajstić information content (AvgIpc) is 2.09. The first-order chi connectivity index (χ1) is 6.13. The summed E-state index contributed by atoms with van der Waals surface area (Å²) in [6.07, 6.45) is 5.06. The number of carbonyl (C=O) groups excluding carboxylic acids is 2. The van der Waals surface area contributed by atoms with Crippen molar-refractivity contribution in [1.82, 2.24) is 0 Å². The second-order valence-electron chi connectivity index (χ2n) is 3.77. The van der Waals surface area contributed by atoms with Crippen molar-refractivity contribution in [2.45, 2.75) is 36.9 Å². The summed E-state index contributed by atoms with van der Waals surface area (Å²) in [5.41, 5.74) is 0.948. The zero-order chi connectivity index (χ0) is 9.47. The largest absolute Gasteiger partial charge is 0.298 e. The summed E-state index contributed by atoms with van der Waals surface area (Å²) < 4.78 is -0.591. The summed E-state index contributed by atoms with van der Waals surface area (Å²) in [5, 5.41) is 0. The Bertz CT molecular complexity index is 306. The van der Waals surface area contributed by atoms with Gasteiger partial charge in [0.1, 0.15) is 0 Å². The summed E-state index contributed by atoms with van der Waals surface area (Å²) in [4.78, 5) is 22.8. The van der Waals surface area contributed by atoms with Gasteiger partial charge < -0.3 is 0 Å². The van der Waals surface area contributed by atoms with Gasteiger partial charge in [0.15, 0.2) is 11.6 Å². The molecule has 0 aromatic carbocycles. The van der Waals surface area contributed by atoms with Crippen LogP contribution in [0.15, 0.2) is 11.6 Å². The van der Waals surface area contributed by atoms with E-state index in [1.807, 2.05) is 0 Å². The van der Waals surface area contributed by atoms with Gasteiger partial charge >= 0.3 is 0 Å². The molecule has 70 valence electrons. The molecular weight excluding hydrogens is 184 g/mol. The predicted octanol–water partition coefficient (Wildman–Crippen LogP) is 1.70. The van der Waals surface area contributed by atoms with E-state index < -0.39 is 4.75 Å². The van der Waals surface area contributed by atoms with Gasteiger partial charge in [-0.2, -0.15) is 12.6 Å². The van der Waals surface area contributed by atoms with Gasteiger partial charge in [0.2, 0.25) is 0 Å². The van der Waals surface area contributed by atoms with Gasteiger partial charge in [0.25, 0.3) is 0 Å². The van der Waals surface area contributed by atoms with Crippen LogP contribution < -0.4 is 0 Å². The number of hydrogen-bond acceptors (Lipinski definition) is 3. The maximum Gasteiger partial charge on any atom is 0.155 e. The van der Waals surface area contributed by atoms with Crippen molar-refractivity contribution in [3.05, 3.63) is 11.6 Å². The molecule has 2 rings (SSSR count). The summed E-state index contributed by atoms with van der Waals surface area (Å²) in [6, 6.07) is 0. The Morgan fingerprint density at radius 2 is 2.00 bits per heavy atom. The summed E-state index contributed by atoms with van der Waals surface area (Å²) in [5.74, 6) is 0.343. The van der Waals surface area contributed by atoms with Crippen LogP contribution in [-0.2, 0) is 9.59 Å². The van der Waals surface area contributed by atoms with E-state index in [-0.39, 0.29) is 11.6 Å². The monoisotopic (exact) mass is 196 g/mol. The highest BCUT2D eigenvalue weighted by molar-refractivity contribution is 7.83. The first-order valence-corrected chi connectivity index (χ1v) is 5.07. The van der Waals surface area contributed by atoms with Crippen LogP contribution in [0.2, 0.25) is 0 Å². The van der Waals surface area contributed by atoms with E-state index in [0.29, 0.717) is 19.3 Å². The standard InChI is InChI=1S/C10H12O2S/c11-8-4-5-10(13)7(6-8)2-1-3-9(10)12/h6,13H,1-5H2/t10-/m0/s1. The Balaban J connectivity index is 2.39. The molecule has 0 aromatic rings. The van der Waals surface area contributed by atoms with Crippen molar-refractivity contribution < 1.29 is 9.59 Å². The lowest BCUT2D eigenvalue weighted by atomic mass is 9.75. The molecule has 0 N–H and O–H groups in total. The van der Waals surface area contributed by atoms with Crippen molar-refractivity contribution in [2.75, 3.05) is 0 Å². The highest BCUT2D eigenvalue weighted by Gasteiger charge is 2.42. The maximum absolute atomic E-state index is 11.6. The highest BCUT2D eigenvalue weighted by atomic mass is 32.1. The Kier molecular flexibility index (Phi) is 2.06. The number of allylic oxidation sites excluding steroid dienone is 1. The van der Waals surface area contributed by atoms with Crippen LogP contribution in [0.4, 0.5) is 0 Å². The van der Waals surface area contributed by atoms with Gasteiger partial charge in [0.05, 0.1) is 4.75 Å². The Labute approximate surface area is 82.8 Å². The fourth-order valence-electron chi connectivity index (χ4n) is 2.09. The topological polar surface area (TPSA) is 34.1 Å². The molecule has 0 radical (unpaired) electrons. The van der Waals surface area contributed by atoms with E-state index in [2.05, 4.69) is 12.6 Å². The Hall–Kier alpha value is -0.570. The third-order valence-electron chi connectivity index (χ3n) is 2.91. The van der Waals surface area contributed by atoms with Crippen LogP contribution in [0.3, 0.4) is 0 Å². The van der Waals surface area contributed by atoms with E-state index in [1.165, 1.54) is 0 Å². The summed E-state index contributed by atoms with van der Waals surface area (Å²) >= 11 is 4.44. The van der Waals surface area contributed by atoms with Crippen molar-refractivity contribution in [3.8, 4) is 0 Å². The second-order valence-corrected chi connectivity index (χ2v) is 4.54. The molecule has 2 aliphatic rings. The highest BCUT2D eigenvalue weighted by Crippen LogP contribution is 2.41. The minimum Gasteiger partial charge on any atom is -0.298 e. The molecule has 2 aliphatic carbocycles. The second kappa shape index (κ2) is 2.98. The number of carbonyl (C=O) groups is 2. The number of thiol groups is 1. The molecule has 13 heavy (non-hydrogen) atoms. The number of ketones is 2. The summed E-state index contributed by atoms with van der Waals surface area (Å²) in [7, 11) is 0. The molecule has 1 fully saturated rings. The fraction of sp³-hybridized carbons (Fsp3) is 0.600. The van der Waals surface area contributed by atoms with Crippen LogP contribution in [-0.4, -0.2) is 16.3 Å². The molecule has 0 spiro atoms. The lowest BCUT2D eigenvalue weighted by Gasteiger charge is -2.36. The van der Waals surface area contributed by atoms with Crippen LogP contribution in [0.1, 0.15) is 32.1 Å². The number of rotatable bonds is 0. The quantitative estimate of drug-likeness (QED) is 0.598. The van der Waals surface area contributed by atoms with Gasteiger partial charge in [-0.25, -0.2) is 0 Å². The molecule has 0 saturated heterocycles. The van der Waals surface area contributed by atoms with Crippen LogP contribution >= 0.6 is 12.6 Å². The molecule has 0 aliphatic heterocycles. The lowest BCUT2D eigenvalue weighted by Crippen LogP contribution is -2.41. The zero-order valence-electron chi connectivity index (χ0n) is 7.38. The van der Waals surface area contributed by atoms with E-state index in [4.69, 9.17) is 0 Å². The Morgan fingerprint density at radius 1 is 1.23 bits per heavy atom. The molecule has 2 nitrogen and oxygen atoms in total. The van der Waals surface area contributed by atoms with E-state index in [0.717, 1.165) is 18.4 Å². The Morgan fingerprint density at radius 3 is 2.77 bits per heavy atom. The molecule has 1 saturated carbocycles. The number of Topliss-reactive ketones (excluding diaryl/α,β-unsaturated/α-hetero) is 1. The smallest absolute Gasteiger partial charge is 0.155 e. The first-order valence-electron chi connectivity index (χ1n) is 4.62. The van der Waals surface area contributed by atoms with Crippen molar-refractivity contribution in [2.24, 2.45) is 0 Å². The SMILES string of the molecule is O=C1C=C2CCCC(=O)[C@]2(S)CC1. The molecular formula is C10H12O2S. The van der Waals surface area contributed by atoms with Gasteiger partial charge in [-0.05, 0) is 30.9 Å². The van der Waals surface area contributed by atoms with E-state index in [1.54, 1.807) is 6.08 Å². The molecule has 3 heteroatoms. The van der Waals surface area contributed by atoms with Gasteiger partial charge in [-0.15, -0.1) is 0 Å². The average molecular weight is 196 g/mol. The van der Waals surface area contributed by atoms with Gasteiger partial charge in [-0.3, -0.25) is 9.59 Å². The maximum atomic E-state index is 11.6. The minimum absolute atomic E-state index is 0.148. The number of fused-ring (bicyclic) bond motifs is 1. The van der Waals surface area contributed by atoms with Crippen LogP contribution in [0, 0.1) is 0 Å². The normalized spacial score (nSPS) is 34.1. The van der Waals surface area contributed by atoms with Crippen molar-refractivity contribution >= 4 is 24.2 Å². The van der Waals surface area contributed by atoms with Crippen molar-refractivity contribution in [3.63, 3.8) is 0 Å². The molecule has 0 unspecified atom stereocenters. The number of hydrogen-bond donors (Lipinski definition) is 1. The van der Waals surface area contributed by atoms with E-state index >= 15 is 0 Å². The third kappa shape index (κ3) is 1.35. The molecule has 0 aromatic heterocycles. The van der Waals surface area contributed by atoms with Crippen LogP contribution in [0.25, 0.3) is 0 Å². The molecule has 1 atom stereocenters. The molecule has 0 bridgehead atoms. The third-order valence-corrected chi connectivity index (χ3v) is 3.67. The van der Waals surface area contributed by atoms with E-state index in [9.17, 15) is 9.59 Å². The summed E-state index contributed by atoms with van der Waals surface area (Å²) in [6.45, 7) is 0. The zero-order valence-corrected chi connectivity index (χ0v) is 8.27. The van der Waals surface area contributed by atoms with Gasteiger partial charge in [-0.1, -0.05) is 0 Å². The fourth-order valence-corrected chi connectivity index (χ4v) is 2.49. The minimum atomic E-state index is -0.591. The van der Waals surface area contributed by atoms with Crippen LogP contribution in [0.5, 0.6) is 0 Å². The van der Waals surface area contributed by atoms with Gasteiger partial charge in [0, 0.05) is 12.8 Å². The lowest BCUT2D eigenvalue weighted by molar-refractivity contribution is -0.122. The predicted molar refractivity (Wildman–Crippen MR) is 52.9 cm³/mol. The molecule has 0 amide bonds.